The molecule has 0 aromatic carbocycles. The van der Waals surface area contributed by atoms with E-state index in [4.69, 9.17) is 68.0 Å². The first-order valence-corrected chi connectivity index (χ1v) is 16.0. The maximum atomic E-state index is 5.47. The molecule has 0 fully saturated rings. The molecule has 0 aliphatic rings. The Labute approximate surface area is 266 Å². The molecule has 43 heavy (non-hydrogen) atoms. The molecule has 0 aliphatic heterocycles. The first-order valence-electron chi connectivity index (χ1n) is 14.9. The fraction of sp³-hybridized carbons (Fsp3) is 0.931. The minimum absolute atomic E-state index is 0.307. The van der Waals surface area contributed by atoms with Gasteiger partial charge < -0.3 is 61.6 Å². The van der Waals surface area contributed by atoms with Gasteiger partial charge in [0, 0.05) is 5.33 Å². The van der Waals surface area contributed by atoms with Crippen molar-refractivity contribution >= 4 is 15.9 Å². The first-order chi connectivity index (χ1) is 21.4. The minimum atomic E-state index is 0.307. The predicted molar refractivity (Wildman–Crippen MR) is 163 cm³/mol. The molecule has 0 saturated heterocycles. The highest BCUT2D eigenvalue weighted by molar-refractivity contribution is 9.09. The topological polar surface area (TPSA) is 120 Å². The van der Waals surface area contributed by atoms with Gasteiger partial charge in [-0.1, -0.05) is 21.9 Å². The third-order valence-corrected chi connectivity index (χ3v) is 5.19. The molecule has 256 valence electrons. The van der Waals surface area contributed by atoms with Gasteiger partial charge in [-0.15, -0.1) is 6.42 Å². The zero-order valence-electron chi connectivity index (χ0n) is 25.9. The van der Waals surface area contributed by atoms with Crippen LogP contribution >= 0.6 is 15.9 Å². The van der Waals surface area contributed by atoms with Gasteiger partial charge in [0.2, 0.25) is 0 Å². The highest BCUT2D eigenvalue weighted by Gasteiger charge is 1.96. The second kappa shape index (κ2) is 41.5. The Morgan fingerprint density at radius 3 is 0.605 bits per heavy atom. The molecule has 0 bridgehead atoms. The lowest BCUT2D eigenvalue weighted by molar-refractivity contribution is -0.0287. The first kappa shape index (κ1) is 42.5. The van der Waals surface area contributed by atoms with Gasteiger partial charge in [-0.2, -0.15) is 0 Å². The van der Waals surface area contributed by atoms with Gasteiger partial charge in [-0.3, -0.25) is 0 Å². The standard InChI is InChI=1S/C29H55BrO13/c1-2-4-31-6-8-33-10-12-35-14-16-37-18-20-39-22-24-41-26-28-43-29-27-42-25-23-40-21-19-38-17-15-36-13-11-34-9-7-32-5-3-30/h1H,3-29H2. The Morgan fingerprint density at radius 1 is 0.279 bits per heavy atom. The predicted octanol–water partition coefficient (Wildman–Crippen LogP) is 1.23. The van der Waals surface area contributed by atoms with Crippen LogP contribution in [0.5, 0.6) is 0 Å². The molecule has 14 heteroatoms. The van der Waals surface area contributed by atoms with Gasteiger partial charge in [0.25, 0.3) is 0 Å². The Balaban J connectivity index is 3.03. The summed E-state index contributed by atoms with van der Waals surface area (Å²) in [5.74, 6) is 2.40. The molecule has 0 N–H and O–H groups in total. The Morgan fingerprint density at radius 2 is 0.442 bits per heavy atom. The molecule has 0 saturated carbocycles. The van der Waals surface area contributed by atoms with Gasteiger partial charge in [0.15, 0.2) is 0 Å². The third-order valence-electron chi connectivity index (χ3n) is 4.87. The van der Waals surface area contributed by atoms with Crippen molar-refractivity contribution in [3.63, 3.8) is 0 Å². The Kier molecular flexibility index (Phi) is 41.1. The number of terminal acetylenes is 1. The summed E-state index contributed by atoms with van der Waals surface area (Å²) in [4.78, 5) is 0. The summed E-state index contributed by atoms with van der Waals surface area (Å²) < 4.78 is 70.1. The third kappa shape index (κ3) is 41.5. The summed E-state index contributed by atoms with van der Waals surface area (Å²) in [5, 5.41) is 0.836. The van der Waals surface area contributed by atoms with Gasteiger partial charge in [0.1, 0.15) is 6.61 Å². The number of hydrogen-bond donors (Lipinski definition) is 0. The van der Waals surface area contributed by atoms with Gasteiger partial charge in [0.05, 0.1) is 165 Å². The van der Waals surface area contributed by atoms with Crippen LogP contribution in [-0.4, -0.2) is 177 Å². The van der Waals surface area contributed by atoms with E-state index in [2.05, 4.69) is 21.9 Å². The van der Waals surface area contributed by atoms with Crippen LogP contribution in [0.4, 0.5) is 0 Å². The van der Waals surface area contributed by atoms with Crippen LogP contribution in [0.3, 0.4) is 0 Å². The largest absolute Gasteiger partial charge is 0.378 e. The van der Waals surface area contributed by atoms with E-state index in [1.165, 1.54) is 0 Å². The molecule has 0 unspecified atom stereocenters. The Bertz CT molecular complexity index is 543. The summed E-state index contributed by atoms with van der Waals surface area (Å²) in [7, 11) is 0. The van der Waals surface area contributed by atoms with Gasteiger partial charge in [-0.25, -0.2) is 0 Å². The minimum Gasteiger partial charge on any atom is -0.378 e. The lowest BCUT2D eigenvalue weighted by Crippen LogP contribution is -2.15. The van der Waals surface area contributed by atoms with Crippen molar-refractivity contribution in [1.29, 1.82) is 0 Å². The van der Waals surface area contributed by atoms with Crippen LogP contribution in [0.2, 0.25) is 0 Å². The second-order valence-electron chi connectivity index (χ2n) is 8.29. The van der Waals surface area contributed by atoms with E-state index >= 15 is 0 Å². The number of halogens is 1. The monoisotopic (exact) mass is 690 g/mol. The molecule has 0 aliphatic carbocycles. The van der Waals surface area contributed by atoms with Gasteiger partial charge in [-0.05, 0) is 0 Å². The molecule has 13 nitrogen and oxygen atoms in total. The highest BCUT2D eigenvalue weighted by Crippen LogP contribution is 1.88. The molecule has 0 spiro atoms. The molecule has 0 heterocycles. The zero-order valence-corrected chi connectivity index (χ0v) is 27.4. The second-order valence-corrected chi connectivity index (χ2v) is 9.09. The SMILES string of the molecule is C#CCOCCOCCOCCOCCOCCOCCOCCOCCOCCOCCOCCOCCOCCBr. The van der Waals surface area contributed by atoms with Crippen molar-refractivity contribution in [2.75, 3.05) is 177 Å². The van der Waals surface area contributed by atoms with E-state index in [0.29, 0.717) is 172 Å². The van der Waals surface area contributed by atoms with Crippen LogP contribution in [-0.2, 0) is 61.6 Å². The number of rotatable bonds is 39. The summed E-state index contributed by atoms with van der Waals surface area (Å²) in [6, 6.07) is 0. The van der Waals surface area contributed by atoms with Crippen LogP contribution in [0, 0.1) is 12.3 Å². The maximum absolute atomic E-state index is 5.47. The summed E-state index contributed by atoms with van der Waals surface area (Å²) >= 11 is 3.30. The van der Waals surface area contributed by atoms with Crippen molar-refractivity contribution in [1.82, 2.24) is 0 Å². The van der Waals surface area contributed by atoms with E-state index in [1.807, 2.05) is 0 Å². The van der Waals surface area contributed by atoms with Crippen LogP contribution in [0.25, 0.3) is 0 Å². The van der Waals surface area contributed by atoms with Crippen molar-refractivity contribution in [2.45, 2.75) is 0 Å². The fourth-order valence-electron chi connectivity index (χ4n) is 2.82. The molecule has 0 rings (SSSR count). The van der Waals surface area contributed by atoms with E-state index in [0.717, 1.165) is 5.33 Å². The van der Waals surface area contributed by atoms with Crippen molar-refractivity contribution in [3.8, 4) is 12.3 Å². The van der Waals surface area contributed by atoms with E-state index in [9.17, 15) is 0 Å². The highest BCUT2D eigenvalue weighted by atomic mass is 79.9. The molecule has 0 amide bonds. The summed E-state index contributed by atoms with van der Waals surface area (Å²) in [6.45, 7) is 13.5. The van der Waals surface area contributed by atoms with Crippen LogP contribution in [0.15, 0.2) is 0 Å². The number of alkyl halides is 1. The molecule has 0 atom stereocenters. The average molecular weight is 692 g/mol. The quantitative estimate of drug-likeness (QED) is 0.0523. The van der Waals surface area contributed by atoms with Gasteiger partial charge >= 0.3 is 0 Å². The van der Waals surface area contributed by atoms with Crippen LogP contribution < -0.4 is 0 Å². The number of ether oxygens (including phenoxy) is 13. The molecular weight excluding hydrogens is 636 g/mol. The molecule has 0 aromatic heterocycles. The van der Waals surface area contributed by atoms with Crippen molar-refractivity contribution in [2.24, 2.45) is 0 Å². The van der Waals surface area contributed by atoms with E-state index < -0.39 is 0 Å². The Hall–Kier alpha value is -0.480. The van der Waals surface area contributed by atoms with E-state index in [-0.39, 0.29) is 0 Å². The average Bonchev–Trinajstić information content (AvgIpc) is 3.02. The zero-order chi connectivity index (χ0) is 31.0. The van der Waals surface area contributed by atoms with E-state index in [1.54, 1.807) is 0 Å². The normalized spacial score (nSPS) is 11.3. The smallest absolute Gasteiger partial charge is 0.107 e. The summed E-state index contributed by atoms with van der Waals surface area (Å²) in [5.41, 5.74) is 0. The number of hydrogen-bond acceptors (Lipinski definition) is 13. The van der Waals surface area contributed by atoms with Crippen LogP contribution in [0.1, 0.15) is 0 Å². The van der Waals surface area contributed by atoms with Crippen molar-refractivity contribution < 1.29 is 61.6 Å². The molecule has 0 radical (unpaired) electrons. The fourth-order valence-corrected chi connectivity index (χ4v) is 3.05. The van der Waals surface area contributed by atoms with Crippen molar-refractivity contribution in [3.05, 3.63) is 0 Å². The maximum Gasteiger partial charge on any atom is 0.107 e. The summed E-state index contributed by atoms with van der Waals surface area (Å²) in [6.07, 6.45) is 5.08. The molecular formula is C29H55BrO13. The lowest BCUT2D eigenvalue weighted by atomic mass is 10.6. The lowest BCUT2D eigenvalue weighted by Gasteiger charge is -2.09. The molecule has 0 aromatic rings.